The highest BCUT2D eigenvalue weighted by Gasteiger charge is 2.27. The second-order valence-corrected chi connectivity index (χ2v) is 9.01. The van der Waals surface area contributed by atoms with E-state index in [0.29, 0.717) is 5.56 Å². The van der Waals surface area contributed by atoms with E-state index in [4.69, 9.17) is 0 Å². The molecule has 0 bridgehead atoms. The van der Waals surface area contributed by atoms with Crippen molar-refractivity contribution in [3.8, 4) is 5.00 Å². The van der Waals surface area contributed by atoms with Gasteiger partial charge in [0.05, 0.1) is 11.3 Å². The summed E-state index contributed by atoms with van der Waals surface area (Å²) >= 11 is 5.15. The van der Waals surface area contributed by atoms with E-state index in [1.165, 1.54) is 4.88 Å². The lowest BCUT2D eigenvalue weighted by Crippen LogP contribution is -2.09. The molecule has 28 heavy (non-hydrogen) atoms. The number of thiophene rings is 1. The lowest BCUT2D eigenvalue weighted by Gasteiger charge is -2.11. The molecular weight excluding hydrogens is 436 g/mol. The van der Waals surface area contributed by atoms with Crippen LogP contribution < -0.4 is 0 Å². The monoisotopic (exact) mass is 456 g/mol. The molecule has 3 aromatic rings. The van der Waals surface area contributed by atoms with Crippen molar-refractivity contribution in [3.63, 3.8) is 0 Å². The summed E-state index contributed by atoms with van der Waals surface area (Å²) in [6.07, 6.45) is 5.91. The minimum Gasteiger partial charge on any atom is -0.478 e. The van der Waals surface area contributed by atoms with Crippen LogP contribution in [-0.2, 0) is 12.8 Å². The van der Waals surface area contributed by atoms with Gasteiger partial charge in [-0.1, -0.05) is 12.1 Å². The lowest BCUT2D eigenvalue weighted by atomic mass is 9.95. The van der Waals surface area contributed by atoms with E-state index in [2.05, 4.69) is 31.6 Å². The first-order chi connectivity index (χ1) is 13.5. The number of para-hydroxylation sites is 1. The molecule has 4 nitrogen and oxygen atoms in total. The number of aliphatic imine (C=N–C) groups is 1. The maximum Gasteiger partial charge on any atom is 0.339 e. The van der Waals surface area contributed by atoms with Crippen LogP contribution in [0.5, 0.6) is 0 Å². The molecule has 0 saturated heterocycles. The molecule has 2 aromatic heterocycles. The van der Waals surface area contributed by atoms with Crippen LogP contribution in [0.15, 0.2) is 39.8 Å². The molecule has 1 aliphatic rings. The molecule has 144 valence electrons. The number of carboxylic acid groups (broad SMARTS) is 1. The summed E-state index contributed by atoms with van der Waals surface area (Å²) in [6, 6.07) is 9.90. The minimum absolute atomic E-state index is 0.482. The van der Waals surface area contributed by atoms with Crippen LogP contribution >= 0.6 is 27.3 Å². The minimum atomic E-state index is -0.828. The molecule has 1 aliphatic carbocycles. The Balaban J connectivity index is 1.80. The Morgan fingerprint density at radius 3 is 2.75 bits per heavy atom. The number of aryl methyl sites for hydroxylation is 2. The Labute approximate surface area is 176 Å². The Hall–Kier alpha value is -2.18. The van der Waals surface area contributed by atoms with Crippen LogP contribution in [0, 0.1) is 13.8 Å². The summed E-state index contributed by atoms with van der Waals surface area (Å²) in [5.41, 5.74) is 5.41. The third-order valence-corrected chi connectivity index (χ3v) is 7.18. The summed E-state index contributed by atoms with van der Waals surface area (Å²) in [6.45, 7) is 4.05. The number of benzene rings is 1. The van der Waals surface area contributed by atoms with Gasteiger partial charge in [0.1, 0.15) is 5.00 Å². The van der Waals surface area contributed by atoms with E-state index in [0.717, 1.165) is 63.4 Å². The SMILES string of the molecule is Cc1cc(C=Nc2ccccc2Br)c(C)n1-c1sc2c(c1C(=O)O)CCCC2. The zero-order valence-corrected chi connectivity index (χ0v) is 18.2. The summed E-state index contributed by atoms with van der Waals surface area (Å²) in [5.74, 6) is -0.828. The van der Waals surface area contributed by atoms with Gasteiger partial charge in [0.25, 0.3) is 0 Å². The number of aromatic nitrogens is 1. The summed E-state index contributed by atoms with van der Waals surface area (Å²) in [5, 5.41) is 10.7. The van der Waals surface area contributed by atoms with Crippen molar-refractivity contribution in [2.45, 2.75) is 39.5 Å². The number of hydrogen-bond acceptors (Lipinski definition) is 3. The van der Waals surface area contributed by atoms with E-state index in [9.17, 15) is 9.90 Å². The van der Waals surface area contributed by atoms with Gasteiger partial charge in [0.15, 0.2) is 0 Å². The molecule has 0 saturated carbocycles. The number of aromatic carboxylic acids is 1. The van der Waals surface area contributed by atoms with Crippen molar-refractivity contribution in [1.82, 2.24) is 4.57 Å². The summed E-state index contributed by atoms with van der Waals surface area (Å²) in [7, 11) is 0. The van der Waals surface area contributed by atoms with Crippen LogP contribution in [0.4, 0.5) is 5.69 Å². The van der Waals surface area contributed by atoms with Gasteiger partial charge < -0.3 is 9.67 Å². The van der Waals surface area contributed by atoms with Gasteiger partial charge in [0.2, 0.25) is 0 Å². The number of hydrogen-bond donors (Lipinski definition) is 1. The molecule has 0 aliphatic heterocycles. The molecule has 0 unspecified atom stereocenters. The molecule has 0 radical (unpaired) electrons. The van der Waals surface area contributed by atoms with Crippen molar-refractivity contribution in [2.24, 2.45) is 4.99 Å². The Kier molecular flexibility index (Phi) is 5.25. The predicted octanol–water partition coefficient (Wildman–Crippen LogP) is 6.25. The highest BCUT2D eigenvalue weighted by atomic mass is 79.9. The average Bonchev–Trinajstić information content (AvgIpc) is 3.17. The Morgan fingerprint density at radius 1 is 1.25 bits per heavy atom. The van der Waals surface area contributed by atoms with E-state index >= 15 is 0 Å². The second kappa shape index (κ2) is 7.68. The third kappa shape index (κ3) is 3.35. The van der Waals surface area contributed by atoms with E-state index in [1.807, 2.05) is 44.3 Å². The van der Waals surface area contributed by atoms with E-state index in [-0.39, 0.29) is 0 Å². The first kappa shape index (κ1) is 19.2. The molecule has 6 heteroatoms. The largest absolute Gasteiger partial charge is 0.478 e. The molecule has 1 aromatic carbocycles. The van der Waals surface area contributed by atoms with Crippen molar-refractivity contribution >= 4 is 45.1 Å². The van der Waals surface area contributed by atoms with Crippen LogP contribution in [-0.4, -0.2) is 21.9 Å². The van der Waals surface area contributed by atoms with Gasteiger partial charge in [0, 0.05) is 32.5 Å². The number of rotatable bonds is 4. The second-order valence-electron chi connectivity index (χ2n) is 7.07. The van der Waals surface area contributed by atoms with Crippen molar-refractivity contribution in [3.05, 3.63) is 67.8 Å². The standard InChI is InChI=1S/C22H21BrN2O2S/c1-13-11-15(12-24-18-9-5-4-8-17(18)23)14(2)25(13)21-20(22(26)27)16-7-3-6-10-19(16)28-21/h4-5,8-9,11-12H,3,6-7,10H2,1-2H3,(H,26,27). The predicted molar refractivity (Wildman–Crippen MR) is 118 cm³/mol. The van der Waals surface area contributed by atoms with Crippen LogP contribution in [0.2, 0.25) is 0 Å². The highest BCUT2D eigenvalue weighted by Crippen LogP contribution is 2.38. The van der Waals surface area contributed by atoms with Crippen molar-refractivity contribution < 1.29 is 9.90 Å². The molecule has 2 heterocycles. The fourth-order valence-electron chi connectivity index (χ4n) is 3.86. The number of carbonyl (C=O) groups is 1. The third-order valence-electron chi connectivity index (χ3n) is 5.24. The molecule has 0 atom stereocenters. The maximum atomic E-state index is 12.1. The number of carboxylic acids is 1. The molecule has 0 fully saturated rings. The van der Waals surface area contributed by atoms with Crippen molar-refractivity contribution in [1.29, 1.82) is 0 Å². The number of nitrogens with zero attached hydrogens (tertiary/aromatic N) is 2. The van der Waals surface area contributed by atoms with Gasteiger partial charge in [-0.3, -0.25) is 4.99 Å². The normalized spacial score (nSPS) is 13.8. The van der Waals surface area contributed by atoms with Gasteiger partial charge in [-0.2, -0.15) is 0 Å². The van der Waals surface area contributed by atoms with Gasteiger partial charge in [-0.15, -0.1) is 11.3 Å². The summed E-state index contributed by atoms with van der Waals surface area (Å²) in [4.78, 5) is 17.9. The van der Waals surface area contributed by atoms with Gasteiger partial charge in [-0.05, 0) is 79.2 Å². The fraction of sp³-hybridized carbons (Fsp3) is 0.273. The molecule has 4 rings (SSSR count). The van der Waals surface area contributed by atoms with Crippen molar-refractivity contribution in [2.75, 3.05) is 0 Å². The fourth-order valence-corrected chi connectivity index (χ4v) is 5.73. The molecule has 0 spiro atoms. The number of halogens is 1. The quantitative estimate of drug-likeness (QED) is 0.471. The van der Waals surface area contributed by atoms with Crippen LogP contribution in [0.1, 0.15) is 50.6 Å². The first-order valence-corrected chi connectivity index (χ1v) is 10.9. The Bertz CT molecular complexity index is 1090. The highest BCUT2D eigenvalue weighted by molar-refractivity contribution is 9.10. The molecule has 1 N–H and O–H groups in total. The number of fused-ring (bicyclic) bond motifs is 1. The topological polar surface area (TPSA) is 54.6 Å². The van der Waals surface area contributed by atoms with Gasteiger partial charge >= 0.3 is 5.97 Å². The van der Waals surface area contributed by atoms with Crippen LogP contribution in [0.25, 0.3) is 5.00 Å². The van der Waals surface area contributed by atoms with Gasteiger partial charge in [-0.25, -0.2) is 4.79 Å². The summed E-state index contributed by atoms with van der Waals surface area (Å²) < 4.78 is 3.02. The zero-order chi connectivity index (χ0) is 19.8. The molecule has 0 amide bonds. The van der Waals surface area contributed by atoms with Crippen LogP contribution in [0.3, 0.4) is 0 Å². The van der Waals surface area contributed by atoms with E-state index < -0.39 is 5.97 Å². The first-order valence-electron chi connectivity index (χ1n) is 9.33. The average molecular weight is 457 g/mol. The maximum absolute atomic E-state index is 12.1. The molecular formula is C22H21BrN2O2S. The zero-order valence-electron chi connectivity index (χ0n) is 15.8. The lowest BCUT2D eigenvalue weighted by molar-refractivity contribution is 0.0696. The smallest absolute Gasteiger partial charge is 0.339 e. The Morgan fingerprint density at radius 2 is 2.00 bits per heavy atom. The van der Waals surface area contributed by atoms with E-state index in [1.54, 1.807) is 11.3 Å².